The first kappa shape index (κ1) is 15.4. The summed E-state index contributed by atoms with van der Waals surface area (Å²) in [5.41, 5.74) is 6.32. The van der Waals surface area contributed by atoms with Gasteiger partial charge >= 0.3 is 0 Å². The molecule has 1 N–H and O–H groups in total. The molecule has 0 aliphatic carbocycles. The topological polar surface area (TPSA) is 21.3 Å². The van der Waals surface area contributed by atoms with Gasteiger partial charge in [-0.15, -0.1) is 0 Å². The molecule has 2 aromatic carbocycles. The van der Waals surface area contributed by atoms with Crippen molar-refractivity contribution in [1.29, 1.82) is 0 Å². The Balaban J connectivity index is 1.97. The zero-order valence-corrected chi connectivity index (χ0v) is 13.7. The first-order valence-electron chi connectivity index (χ1n) is 7.51. The van der Waals surface area contributed by atoms with Crippen molar-refractivity contribution in [2.75, 3.05) is 11.9 Å². The molecule has 1 unspecified atom stereocenters. The summed E-state index contributed by atoms with van der Waals surface area (Å²) in [6.07, 6.45) is 0.118. The highest BCUT2D eigenvalue weighted by atomic mass is 16.5. The second kappa shape index (κ2) is 6.66. The number of aryl methyl sites for hydroxylation is 4. The standard InChI is InChI=1S/C19H25NO/c1-13-7-6-8-18(11-13)21-17(5)12-20-19-15(3)9-14(2)10-16(19)4/h6-11,17,20H,12H2,1-5H3. The first-order chi connectivity index (χ1) is 9.95. The molecule has 2 rings (SSSR count). The van der Waals surface area contributed by atoms with E-state index in [1.54, 1.807) is 0 Å². The van der Waals surface area contributed by atoms with E-state index in [0.29, 0.717) is 0 Å². The molecule has 0 spiro atoms. The van der Waals surface area contributed by atoms with Gasteiger partial charge in [0.25, 0.3) is 0 Å². The molecule has 0 aliphatic heterocycles. The molecule has 2 aromatic rings. The van der Waals surface area contributed by atoms with Gasteiger partial charge < -0.3 is 10.1 Å². The highest BCUT2D eigenvalue weighted by molar-refractivity contribution is 5.58. The number of anilines is 1. The van der Waals surface area contributed by atoms with Crippen molar-refractivity contribution in [3.8, 4) is 5.75 Å². The van der Waals surface area contributed by atoms with E-state index in [2.05, 4.69) is 64.2 Å². The summed E-state index contributed by atoms with van der Waals surface area (Å²) in [4.78, 5) is 0. The number of hydrogen-bond donors (Lipinski definition) is 1. The van der Waals surface area contributed by atoms with Crippen LogP contribution in [0.15, 0.2) is 36.4 Å². The zero-order valence-electron chi connectivity index (χ0n) is 13.7. The van der Waals surface area contributed by atoms with Crippen LogP contribution in [0.2, 0.25) is 0 Å². The summed E-state index contributed by atoms with van der Waals surface area (Å²) < 4.78 is 5.96. The van der Waals surface area contributed by atoms with Crippen LogP contribution in [0.5, 0.6) is 5.75 Å². The van der Waals surface area contributed by atoms with Crippen LogP contribution in [-0.4, -0.2) is 12.6 Å². The maximum Gasteiger partial charge on any atom is 0.120 e. The Bertz CT molecular complexity index is 596. The lowest BCUT2D eigenvalue weighted by Gasteiger charge is -2.19. The van der Waals surface area contributed by atoms with E-state index in [0.717, 1.165) is 12.3 Å². The van der Waals surface area contributed by atoms with Gasteiger partial charge in [0.05, 0.1) is 6.54 Å². The summed E-state index contributed by atoms with van der Waals surface area (Å²) >= 11 is 0. The Morgan fingerprint density at radius 1 is 0.952 bits per heavy atom. The van der Waals surface area contributed by atoms with Crippen LogP contribution in [0.1, 0.15) is 29.2 Å². The molecule has 0 aromatic heterocycles. The van der Waals surface area contributed by atoms with E-state index < -0.39 is 0 Å². The van der Waals surface area contributed by atoms with Gasteiger partial charge in [-0.25, -0.2) is 0 Å². The summed E-state index contributed by atoms with van der Waals surface area (Å²) in [5.74, 6) is 0.932. The van der Waals surface area contributed by atoms with Crippen LogP contribution in [0, 0.1) is 27.7 Å². The van der Waals surface area contributed by atoms with Gasteiger partial charge in [0.1, 0.15) is 11.9 Å². The number of rotatable bonds is 5. The highest BCUT2D eigenvalue weighted by Gasteiger charge is 2.07. The second-order valence-corrected chi connectivity index (χ2v) is 5.90. The number of ether oxygens (including phenoxy) is 1. The van der Waals surface area contributed by atoms with E-state index in [4.69, 9.17) is 4.74 Å². The minimum atomic E-state index is 0.118. The Morgan fingerprint density at radius 2 is 1.62 bits per heavy atom. The van der Waals surface area contributed by atoms with Gasteiger partial charge in [0.15, 0.2) is 0 Å². The van der Waals surface area contributed by atoms with Gasteiger partial charge in [-0.1, -0.05) is 29.8 Å². The lowest BCUT2D eigenvalue weighted by molar-refractivity contribution is 0.234. The molecule has 1 atom stereocenters. The summed E-state index contributed by atoms with van der Waals surface area (Å²) in [5, 5.41) is 3.52. The maximum absolute atomic E-state index is 5.96. The van der Waals surface area contributed by atoms with Gasteiger partial charge in [-0.3, -0.25) is 0 Å². The van der Waals surface area contributed by atoms with Crippen molar-refractivity contribution in [3.63, 3.8) is 0 Å². The molecular weight excluding hydrogens is 258 g/mol. The predicted octanol–water partition coefficient (Wildman–Crippen LogP) is 4.80. The third-order valence-electron chi connectivity index (χ3n) is 3.57. The van der Waals surface area contributed by atoms with Gasteiger partial charge in [0.2, 0.25) is 0 Å². The maximum atomic E-state index is 5.96. The average Bonchev–Trinajstić information content (AvgIpc) is 2.37. The van der Waals surface area contributed by atoms with Crippen LogP contribution in [0.4, 0.5) is 5.69 Å². The third kappa shape index (κ3) is 4.25. The number of benzene rings is 2. The molecule has 0 radical (unpaired) electrons. The van der Waals surface area contributed by atoms with Crippen molar-refractivity contribution >= 4 is 5.69 Å². The van der Waals surface area contributed by atoms with E-state index in [-0.39, 0.29) is 6.10 Å². The van der Waals surface area contributed by atoms with Gasteiger partial charge in [-0.2, -0.15) is 0 Å². The van der Waals surface area contributed by atoms with Crippen molar-refractivity contribution in [1.82, 2.24) is 0 Å². The fraction of sp³-hybridized carbons (Fsp3) is 0.368. The monoisotopic (exact) mass is 283 g/mol. The average molecular weight is 283 g/mol. The molecule has 2 nitrogen and oxygen atoms in total. The second-order valence-electron chi connectivity index (χ2n) is 5.90. The molecular formula is C19H25NO. The van der Waals surface area contributed by atoms with E-state index >= 15 is 0 Å². The Labute approximate surface area is 128 Å². The minimum absolute atomic E-state index is 0.118. The van der Waals surface area contributed by atoms with Crippen molar-refractivity contribution < 1.29 is 4.74 Å². The SMILES string of the molecule is Cc1cccc(OC(C)CNc2c(C)cc(C)cc2C)c1. The van der Waals surface area contributed by atoms with Crippen LogP contribution < -0.4 is 10.1 Å². The van der Waals surface area contributed by atoms with E-state index in [1.807, 2.05) is 12.1 Å². The van der Waals surface area contributed by atoms with Crippen LogP contribution in [-0.2, 0) is 0 Å². The molecule has 2 heteroatoms. The van der Waals surface area contributed by atoms with Crippen LogP contribution >= 0.6 is 0 Å². The predicted molar refractivity (Wildman–Crippen MR) is 90.4 cm³/mol. The third-order valence-corrected chi connectivity index (χ3v) is 3.57. The van der Waals surface area contributed by atoms with Crippen molar-refractivity contribution in [3.05, 3.63) is 58.7 Å². The van der Waals surface area contributed by atoms with Gasteiger partial charge in [0, 0.05) is 5.69 Å². The lowest BCUT2D eigenvalue weighted by atomic mass is 10.1. The molecule has 21 heavy (non-hydrogen) atoms. The van der Waals surface area contributed by atoms with Crippen LogP contribution in [0.25, 0.3) is 0 Å². The normalized spacial score (nSPS) is 12.0. The van der Waals surface area contributed by atoms with E-state index in [1.165, 1.54) is 27.9 Å². The molecule has 0 saturated heterocycles. The zero-order chi connectivity index (χ0) is 15.4. The summed E-state index contributed by atoms with van der Waals surface area (Å²) in [7, 11) is 0. The Kier molecular flexibility index (Phi) is 4.89. The fourth-order valence-electron chi connectivity index (χ4n) is 2.67. The Morgan fingerprint density at radius 3 is 2.24 bits per heavy atom. The quantitative estimate of drug-likeness (QED) is 0.851. The highest BCUT2D eigenvalue weighted by Crippen LogP contribution is 2.22. The molecule has 0 bridgehead atoms. The molecule has 0 aliphatic rings. The molecule has 0 fully saturated rings. The van der Waals surface area contributed by atoms with E-state index in [9.17, 15) is 0 Å². The summed E-state index contributed by atoms with van der Waals surface area (Å²) in [6, 6.07) is 12.6. The van der Waals surface area contributed by atoms with Crippen LogP contribution in [0.3, 0.4) is 0 Å². The largest absolute Gasteiger partial charge is 0.489 e. The fourth-order valence-corrected chi connectivity index (χ4v) is 2.67. The lowest BCUT2D eigenvalue weighted by Crippen LogP contribution is -2.23. The first-order valence-corrected chi connectivity index (χ1v) is 7.51. The smallest absolute Gasteiger partial charge is 0.120 e. The number of nitrogens with one attached hydrogen (secondary N) is 1. The minimum Gasteiger partial charge on any atom is -0.489 e. The molecule has 0 heterocycles. The molecule has 0 saturated carbocycles. The molecule has 0 amide bonds. The number of hydrogen-bond acceptors (Lipinski definition) is 2. The summed E-state index contributed by atoms with van der Waals surface area (Å²) in [6.45, 7) is 11.4. The molecule has 112 valence electrons. The Hall–Kier alpha value is -1.96. The van der Waals surface area contributed by atoms with Gasteiger partial charge in [-0.05, 0) is 63.4 Å². The van der Waals surface area contributed by atoms with Crippen molar-refractivity contribution in [2.24, 2.45) is 0 Å². The van der Waals surface area contributed by atoms with Crippen molar-refractivity contribution in [2.45, 2.75) is 40.7 Å².